The fraction of sp³-hybridized carbons (Fsp3) is 0.400. The maximum Gasteiger partial charge on any atom is 0.232 e. The van der Waals surface area contributed by atoms with Crippen LogP contribution in [-0.2, 0) is 0 Å². The molecule has 1 aliphatic heterocycles. The number of piperidine rings is 1. The van der Waals surface area contributed by atoms with Crippen LogP contribution in [0.5, 0.6) is 5.75 Å². The summed E-state index contributed by atoms with van der Waals surface area (Å²) in [4.78, 5) is 14.8. The molecule has 0 unspecified atom stereocenters. The minimum absolute atomic E-state index is 0.0115. The van der Waals surface area contributed by atoms with Crippen molar-refractivity contribution < 1.29 is 4.74 Å². The Morgan fingerprint density at radius 1 is 1.16 bits per heavy atom. The largest absolute Gasteiger partial charge is 0.490 e. The smallest absolute Gasteiger partial charge is 0.232 e. The van der Waals surface area contributed by atoms with Crippen molar-refractivity contribution in [2.45, 2.75) is 19.3 Å². The summed E-state index contributed by atoms with van der Waals surface area (Å²) in [7, 11) is 1.59. The topological polar surface area (TPSA) is 29.5 Å². The molecule has 100 valence electrons. The van der Waals surface area contributed by atoms with Gasteiger partial charge in [-0.05, 0) is 31.4 Å². The van der Waals surface area contributed by atoms with E-state index in [1.165, 1.54) is 19.3 Å². The van der Waals surface area contributed by atoms with Gasteiger partial charge in [0.1, 0.15) is 5.00 Å². The van der Waals surface area contributed by atoms with E-state index >= 15 is 0 Å². The standard InChI is InChI=1S/C15H17NO2S/c1-18-14-13(17)11-7-3-4-8-12(11)19-15(14)16-9-5-2-6-10-16/h3-4,7-8H,2,5-6,9-10H2,1H3. The minimum atomic E-state index is 0.0115. The average Bonchev–Trinajstić information content (AvgIpc) is 2.48. The van der Waals surface area contributed by atoms with Crippen LogP contribution in [-0.4, -0.2) is 20.2 Å². The van der Waals surface area contributed by atoms with Crippen LogP contribution >= 0.6 is 11.3 Å². The molecule has 0 bridgehead atoms. The van der Waals surface area contributed by atoms with Crippen LogP contribution < -0.4 is 15.1 Å². The van der Waals surface area contributed by atoms with Crippen LogP contribution in [0.25, 0.3) is 10.1 Å². The van der Waals surface area contributed by atoms with E-state index in [4.69, 9.17) is 4.74 Å². The van der Waals surface area contributed by atoms with Crippen LogP contribution in [0.2, 0.25) is 0 Å². The van der Waals surface area contributed by atoms with E-state index in [0.29, 0.717) is 5.75 Å². The molecule has 0 amide bonds. The Morgan fingerprint density at radius 3 is 2.63 bits per heavy atom. The maximum absolute atomic E-state index is 12.5. The molecule has 1 aromatic carbocycles. The lowest BCUT2D eigenvalue weighted by Crippen LogP contribution is -2.30. The molecule has 0 spiro atoms. The lowest BCUT2D eigenvalue weighted by Gasteiger charge is -2.29. The summed E-state index contributed by atoms with van der Waals surface area (Å²) in [5.74, 6) is 0.505. The first-order valence-electron chi connectivity index (χ1n) is 6.66. The monoisotopic (exact) mass is 275 g/mol. The Morgan fingerprint density at radius 2 is 1.89 bits per heavy atom. The Labute approximate surface area is 116 Å². The lowest BCUT2D eigenvalue weighted by atomic mass is 10.1. The second kappa shape index (κ2) is 5.21. The predicted molar refractivity (Wildman–Crippen MR) is 80.7 cm³/mol. The third kappa shape index (κ3) is 2.21. The molecule has 3 rings (SSSR count). The first-order chi connectivity index (χ1) is 9.31. The van der Waals surface area contributed by atoms with Crippen LogP contribution in [0.1, 0.15) is 19.3 Å². The van der Waals surface area contributed by atoms with Gasteiger partial charge in [0.2, 0.25) is 11.2 Å². The van der Waals surface area contributed by atoms with E-state index < -0.39 is 0 Å². The highest BCUT2D eigenvalue weighted by molar-refractivity contribution is 7.22. The molecular formula is C15H17NO2S. The summed E-state index contributed by atoms with van der Waals surface area (Å²) in [6.07, 6.45) is 3.66. The number of benzene rings is 1. The molecule has 1 aromatic heterocycles. The van der Waals surface area contributed by atoms with Crippen molar-refractivity contribution in [1.82, 2.24) is 0 Å². The van der Waals surface area contributed by atoms with E-state index in [0.717, 1.165) is 28.2 Å². The molecule has 0 aliphatic carbocycles. The van der Waals surface area contributed by atoms with Crippen LogP contribution in [0.15, 0.2) is 29.1 Å². The van der Waals surface area contributed by atoms with E-state index in [2.05, 4.69) is 4.90 Å². The molecule has 0 radical (unpaired) electrons. The maximum atomic E-state index is 12.5. The van der Waals surface area contributed by atoms with E-state index in [1.807, 2.05) is 24.3 Å². The number of ether oxygens (including phenoxy) is 1. The van der Waals surface area contributed by atoms with Crippen LogP contribution in [0.3, 0.4) is 0 Å². The molecular weight excluding hydrogens is 258 g/mol. The van der Waals surface area contributed by atoms with Crippen molar-refractivity contribution in [1.29, 1.82) is 0 Å². The Bertz CT molecular complexity index is 644. The number of anilines is 1. The predicted octanol–water partition coefficient (Wildman–Crippen LogP) is 3.26. The third-order valence-electron chi connectivity index (χ3n) is 3.59. The summed E-state index contributed by atoms with van der Waals surface area (Å²) in [5, 5.41) is 1.75. The van der Waals surface area contributed by atoms with Gasteiger partial charge in [0.15, 0.2) is 0 Å². The first kappa shape index (κ1) is 12.5. The highest BCUT2D eigenvalue weighted by Gasteiger charge is 2.20. The molecule has 1 aliphatic rings. The molecule has 2 aromatic rings. The Kier molecular flexibility index (Phi) is 3.42. The number of hydrogen-bond donors (Lipinski definition) is 0. The van der Waals surface area contributed by atoms with Crippen molar-refractivity contribution in [3.05, 3.63) is 34.5 Å². The van der Waals surface area contributed by atoms with E-state index in [9.17, 15) is 4.79 Å². The molecule has 2 heterocycles. The van der Waals surface area contributed by atoms with Crippen LogP contribution in [0.4, 0.5) is 5.00 Å². The number of fused-ring (bicyclic) bond motifs is 1. The van der Waals surface area contributed by atoms with E-state index in [-0.39, 0.29) is 5.43 Å². The second-order valence-corrected chi connectivity index (χ2v) is 5.84. The number of methoxy groups -OCH3 is 1. The van der Waals surface area contributed by atoms with Gasteiger partial charge < -0.3 is 9.64 Å². The fourth-order valence-corrected chi connectivity index (χ4v) is 3.80. The van der Waals surface area contributed by atoms with Gasteiger partial charge in [-0.3, -0.25) is 4.79 Å². The Hall–Kier alpha value is -1.55. The van der Waals surface area contributed by atoms with Gasteiger partial charge in [0.25, 0.3) is 0 Å². The summed E-state index contributed by atoms with van der Waals surface area (Å²) in [6, 6.07) is 7.76. The summed E-state index contributed by atoms with van der Waals surface area (Å²) >= 11 is 1.66. The van der Waals surface area contributed by atoms with Gasteiger partial charge in [-0.1, -0.05) is 12.1 Å². The minimum Gasteiger partial charge on any atom is -0.490 e. The van der Waals surface area contributed by atoms with Gasteiger partial charge in [0.05, 0.1) is 7.11 Å². The summed E-state index contributed by atoms with van der Waals surface area (Å²) in [5.41, 5.74) is 0.0115. The fourth-order valence-electron chi connectivity index (χ4n) is 2.60. The Balaban J connectivity index is 2.19. The number of rotatable bonds is 2. The highest BCUT2D eigenvalue weighted by atomic mass is 32.1. The number of hydrogen-bond acceptors (Lipinski definition) is 4. The average molecular weight is 275 g/mol. The molecule has 1 fully saturated rings. The van der Waals surface area contributed by atoms with Gasteiger partial charge in [0, 0.05) is 23.2 Å². The molecule has 0 atom stereocenters. The van der Waals surface area contributed by atoms with Crippen molar-refractivity contribution in [3.8, 4) is 5.75 Å². The summed E-state index contributed by atoms with van der Waals surface area (Å²) in [6.45, 7) is 2.04. The van der Waals surface area contributed by atoms with Crippen LogP contribution in [0, 0.1) is 0 Å². The SMILES string of the molecule is COc1c(N2CCCCC2)sc2ccccc2c1=O. The van der Waals surface area contributed by atoms with Crippen molar-refractivity contribution in [2.24, 2.45) is 0 Å². The molecule has 0 N–H and O–H groups in total. The van der Waals surface area contributed by atoms with Gasteiger partial charge in [-0.2, -0.15) is 0 Å². The second-order valence-electron chi connectivity index (χ2n) is 4.81. The molecule has 19 heavy (non-hydrogen) atoms. The first-order valence-corrected chi connectivity index (χ1v) is 7.47. The summed E-state index contributed by atoms with van der Waals surface area (Å²) < 4.78 is 6.43. The van der Waals surface area contributed by atoms with Crippen molar-refractivity contribution in [2.75, 3.05) is 25.1 Å². The normalized spacial score (nSPS) is 15.7. The molecule has 1 saturated heterocycles. The molecule has 4 heteroatoms. The molecule has 3 nitrogen and oxygen atoms in total. The van der Waals surface area contributed by atoms with Crippen molar-refractivity contribution >= 4 is 26.4 Å². The lowest BCUT2D eigenvalue weighted by molar-refractivity contribution is 0.411. The van der Waals surface area contributed by atoms with E-state index in [1.54, 1.807) is 18.4 Å². The zero-order valence-electron chi connectivity index (χ0n) is 11.0. The zero-order chi connectivity index (χ0) is 13.2. The van der Waals surface area contributed by atoms with Gasteiger partial charge >= 0.3 is 0 Å². The van der Waals surface area contributed by atoms with Crippen molar-refractivity contribution in [3.63, 3.8) is 0 Å². The number of nitrogens with zero attached hydrogens (tertiary/aromatic N) is 1. The van der Waals surface area contributed by atoms with Gasteiger partial charge in [-0.25, -0.2) is 0 Å². The quantitative estimate of drug-likeness (QED) is 0.842. The van der Waals surface area contributed by atoms with Gasteiger partial charge in [-0.15, -0.1) is 11.3 Å². The third-order valence-corrected chi connectivity index (χ3v) is 4.80. The highest BCUT2D eigenvalue weighted by Crippen LogP contribution is 2.35. The molecule has 0 saturated carbocycles. The zero-order valence-corrected chi connectivity index (χ0v) is 11.8.